The third kappa shape index (κ3) is 5.85. The summed E-state index contributed by atoms with van der Waals surface area (Å²) in [7, 11) is 0. The highest BCUT2D eigenvalue weighted by molar-refractivity contribution is 6.03. The first kappa shape index (κ1) is 25.6. The molecule has 0 bridgehead atoms. The second-order valence-electron chi connectivity index (χ2n) is 8.84. The van der Waals surface area contributed by atoms with Crippen molar-refractivity contribution in [2.24, 2.45) is 5.92 Å². The lowest BCUT2D eigenvalue weighted by molar-refractivity contribution is 0.0752. The molecule has 1 heterocycles. The molecule has 0 amide bonds. The van der Waals surface area contributed by atoms with Gasteiger partial charge in [-0.05, 0) is 66.4 Å². The normalized spacial score (nSPS) is 17.8. The lowest BCUT2D eigenvalue weighted by atomic mass is 9.83. The molecule has 3 aromatic carbocycles. The van der Waals surface area contributed by atoms with Crippen LogP contribution in [0.3, 0.4) is 0 Å². The molecule has 0 saturated heterocycles. The second-order valence-corrected chi connectivity index (χ2v) is 8.84. The van der Waals surface area contributed by atoms with Crippen LogP contribution in [-0.4, -0.2) is 37.9 Å². The smallest absolute Gasteiger partial charge is 0.178 e. The van der Waals surface area contributed by atoms with Gasteiger partial charge in [0.2, 0.25) is 0 Å². The van der Waals surface area contributed by atoms with Crippen LogP contribution in [0, 0.1) is 5.92 Å². The predicted octanol–water partition coefficient (Wildman–Crippen LogP) is 5.38. The second kappa shape index (κ2) is 11.1. The molecule has 5 N–H and O–H groups in total. The Balaban J connectivity index is 1.68. The molecule has 0 saturated carbocycles. The van der Waals surface area contributed by atoms with Crippen LogP contribution >= 0.6 is 0 Å². The Bertz CT molecular complexity index is 1370. The molecule has 2 atom stereocenters. The quantitative estimate of drug-likeness (QED) is 0.263. The van der Waals surface area contributed by atoms with Gasteiger partial charge in [0.05, 0.1) is 23.8 Å². The van der Waals surface area contributed by atoms with Crippen LogP contribution in [0.4, 0.5) is 0 Å². The fraction of sp³-hybridized carbons (Fsp3) is 0.167. The minimum Gasteiger partial charge on any atom is -0.508 e. The first-order valence-electron chi connectivity index (χ1n) is 11.7. The van der Waals surface area contributed by atoms with Gasteiger partial charge in [-0.3, -0.25) is 4.79 Å². The lowest BCUT2D eigenvalue weighted by Gasteiger charge is -2.21. The molecule has 37 heavy (non-hydrogen) atoms. The molecule has 1 aliphatic rings. The van der Waals surface area contributed by atoms with Crippen LogP contribution in [0.5, 0.6) is 23.0 Å². The molecule has 4 rings (SSSR count). The van der Waals surface area contributed by atoms with Gasteiger partial charge >= 0.3 is 0 Å². The van der Waals surface area contributed by atoms with Crippen LogP contribution in [0.1, 0.15) is 40.9 Å². The number of phenolic OH excluding ortho intramolecular Hbond substituents is 4. The largest absolute Gasteiger partial charge is 0.508 e. The number of hydrogen-bond donors (Lipinski definition) is 5. The highest BCUT2D eigenvalue weighted by atomic mass is 16.5. The number of ether oxygens (including phenoxy) is 1. The van der Waals surface area contributed by atoms with Crippen LogP contribution in [0.25, 0.3) is 6.08 Å². The summed E-state index contributed by atoms with van der Waals surface area (Å²) in [4.78, 5) is 13.8. The van der Waals surface area contributed by atoms with Gasteiger partial charge in [-0.25, -0.2) is 0 Å². The molecule has 1 aliphatic heterocycles. The summed E-state index contributed by atoms with van der Waals surface area (Å²) in [5.41, 5.74) is 2.80. The highest BCUT2D eigenvalue weighted by Gasteiger charge is 2.41. The lowest BCUT2D eigenvalue weighted by Crippen LogP contribution is -2.21. The fourth-order valence-electron chi connectivity index (χ4n) is 4.32. The molecule has 0 aromatic heterocycles. The van der Waals surface area contributed by atoms with Gasteiger partial charge in [-0.1, -0.05) is 42.5 Å². The van der Waals surface area contributed by atoms with E-state index in [1.165, 1.54) is 24.3 Å². The minimum absolute atomic E-state index is 0.0357. The summed E-state index contributed by atoms with van der Waals surface area (Å²) in [5.74, 6) is -1.01. The number of aliphatic hydroxyl groups excluding tert-OH is 1. The van der Waals surface area contributed by atoms with Crippen LogP contribution in [-0.2, 0) is 4.74 Å². The number of hydrogen-bond acceptors (Lipinski definition) is 7. The standard InChI is InChI=1S/C30H28O7/c1-18-26(15-20(17-31)4-2-3-19-5-9-22(32)10-6-19)28(29(36)25-14-13-24(34)16-27(25)35)30(37-18)21-7-11-23(33)12-8-21/h2-3,5-16,28,30-35H,4,17H2,1H3/b3-2+,20-15-. The Morgan fingerprint density at radius 2 is 1.51 bits per heavy atom. The van der Waals surface area contributed by atoms with E-state index in [9.17, 15) is 30.3 Å². The number of phenols is 4. The number of aromatic hydroxyl groups is 4. The van der Waals surface area contributed by atoms with Crippen molar-refractivity contribution < 1.29 is 35.1 Å². The molecule has 0 radical (unpaired) electrons. The zero-order chi connectivity index (χ0) is 26.5. The average Bonchev–Trinajstić information content (AvgIpc) is 3.20. The molecule has 7 heteroatoms. The molecule has 7 nitrogen and oxygen atoms in total. The van der Waals surface area contributed by atoms with Crippen molar-refractivity contribution in [1.82, 2.24) is 0 Å². The third-order valence-corrected chi connectivity index (χ3v) is 6.25. The zero-order valence-electron chi connectivity index (χ0n) is 20.2. The molecule has 190 valence electrons. The van der Waals surface area contributed by atoms with Gasteiger partial charge in [0.25, 0.3) is 0 Å². The van der Waals surface area contributed by atoms with E-state index in [1.54, 1.807) is 49.4 Å². The Labute approximate surface area is 214 Å². The summed E-state index contributed by atoms with van der Waals surface area (Å²) in [6.45, 7) is 1.50. The van der Waals surface area contributed by atoms with E-state index in [4.69, 9.17) is 4.74 Å². The van der Waals surface area contributed by atoms with E-state index in [1.807, 2.05) is 12.2 Å². The first-order chi connectivity index (χ1) is 17.8. The molecular formula is C30H28O7. The summed E-state index contributed by atoms with van der Waals surface area (Å²) in [6, 6.07) is 16.9. The molecule has 0 spiro atoms. The van der Waals surface area contributed by atoms with Gasteiger partial charge in [0.15, 0.2) is 5.78 Å². The Kier molecular flexibility index (Phi) is 7.65. The third-order valence-electron chi connectivity index (χ3n) is 6.25. The van der Waals surface area contributed by atoms with Gasteiger partial charge in [0, 0.05) is 11.6 Å². The monoisotopic (exact) mass is 500 g/mol. The summed E-state index contributed by atoms with van der Waals surface area (Å²) in [5, 5.41) is 49.3. The van der Waals surface area contributed by atoms with Crippen LogP contribution < -0.4 is 0 Å². The number of carbonyl (C=O) groups is 1. The number of Topliss-reactive ketones (excluding diaryl/α,β-unsaturated/α-hetero) is 1. The Morgan fingerprint density at radius 1 is 0.892 bits per heavy atom. The summed E-state index contributed by atoms with van der Waals surface area (Å²) in [6.07, 6.45) is 5.17. The SMILES string of the molecule is CC1=C(/C=C(\CO)C/C=C/c2ccc(O)cc2)C(C(=O)c2ccc(O)cc2O)C(c2ccc(O)cc2)O1. The van der Waals surface area contributed by atoms with Gasteiger partial charge < -0.3 is 30.3 Å². The highest BCUT2D eigenvalue weighted by Crippen LogP contribution is 2.45. The maximum absolute atomic E-state index is 13.8. The first-order valence-corrected chi connectivity index (χ1v) is 11.7. The topological polar surface area (TPSA) is 127 Å². The molecule has 2 unspecified atom stereocenters. The van der Waals surface area contributed by atoms with E-state index in [0.717, 1.165) is 11.6 Å². The van der Waals surface area contributed by atoms with Gasteiger partial charge in [0.1, 0.15) is 29.1 Å². The fourth-order valence-corrected chi connectivity index (χ4v) is 4.32. The summed E-state index contributed by atoms with van der Waals surface area (Å²) < 4.78 is 6.13. The Hall–Kier alpha value is -4.49. The number of benzene rings is 3. The molecule has 0 aliphatic carbocycles. The number of ketones is 1. The van der Waals surface area contributed by atoms with Crippen molar-refractivity contribution >= 4 is 11.9 Å². The van der Waals surface area contributed by atoms with Crippen molar-refractivity contribution in [2.75, 3.05) is 6.61 Å². The average molecular weight is 501 g/mol. The van der Waals surface area contributed by atoms with Gasteiger partial charge in [-0.15, -0.1) is 0 Å². The van der Waals surface area contributed by atoms with E-state index in [0.29, 0.717) is 28.9 Å². The van der Waals surface area contributed by atoms with Crippen LogP contribution in [0.15, 0.2) is 95.8 Å². The molecule has 3 aromatic rings. The van der Waals surface area contributed by atoms with Crippen molar-refractivity contribution in [3.05, 3.63) is 112 Å². The zero-order valence-corrected chi connectivity index (χ0v) is 20.2. The van der Waals surface area contributed by atoms with E-state index in [-0.39, 0.29) is 35.2 Å². The van der Waals surface area contributed by atoms with E-state index < -0.39 is 17.8 Å². The van der Waals surface area contributed by atoms with E-state index >= 15 is 0 Å². The number of allylic oxidation sites excluding steroid dienone is 3. The number of aliphatic hydroxyl groups is 1. The number of carbonyl (C=O) groups excluding carboxylic acids is 1. The van der Waals surface area contributed by atoms with Gasteiger partial charge in [-0.2, -0.15) is 0 Å². The van der Waals surface area contributed by atoms with E-state index in [2.05, 4.69) is 0 Å². The predicted molar refractivity (Wildman–Crippen MR) is 139 cm³/mol. The minimum atomic E-state index is -0.845. The van der Waals surface area contributed by atoms with Crippen molar-refractivity contribution in [2.45, 2.75) is 19.4 Å². The number of rotatable bonds is 8. The maximum Gasteiger partial charge on any atom is 0.178 e. The molecule has 0 fully saturated rings. The van der Waals surface area contributed by atoms with Crippen molar-refractivity contribution in [3.63, 3.8) is 0 Å². The van der Waals surface area contributed by atoms with Crippen molar-refractivity contribution in [3.8, 4) is 23.0 Å². The van der Waals surface area contributed by atoms with Crippen LogP contribution in [0.2, 0.25) is 0 Å². The summed E-state index contributed by atoms with van der Waals surface area (Å²) >= 11 is 0. The molecular weight excluding hydrogens is 472 g/mol. The maximum atomic E-state index is 13.8. The Morgan fingerprint density at radius 3 is 2.14 bits per heavy atom. The van der Waals surface area contributed by atoms with Crippen molar-refractivity contribution in [1.29, 1.82) is 0 Å².